The fourth-order valence-corrected chi connectivity index (χ4v) is 3.06. The van der Waals surface area contributed by atoms with Crippen LogP contribution < -0.4 is 11.1 Å². The van der Waals surface area contributed by atoms with E-state index >= 15 is 0 Å². The summed E-state index contributed by atoms with van der Waals surface area (Å²) >= 11 is 5.89. The molecule has 0 radical (unpaired) electrons. The lowest BCUT2D eigenvalue weighted by Crippen LogP contribution is -2.42. The molecule has 110 valence electrons. The maximum atomic E-state index is 12.2. The molecule has 0 saturated heterocycles. The maximum absolute atomic E-state index is 12.2. The number of benzene rings is 1. The minimum atomic E-state index is -0.289. The van der Waals surface area contributed by atoms with Crippen LogP contribution in [-0.4, -0.2) is 11.4 Å². The summed E-state index contributed by atoms with van der Waals surface area (Å²) in [5.41, 5.74) is 7.05. The molecular formula is C16H23ClN2O. The van der Waals surface area contributed by atoms with E-state index in [2.05, 4.69) is 12.2 Å². The van der Waals surface area contributed by atoms with Crippen LogP contribution in [0.1, 0.15) is 57.1 Å². The van der Waals surface area contributed by atoms with Crippen molar-refractivity contribution in [2.45, 2.75) is 57.0 Å². The summed E-state index contributed by atoms with van der Waals surface area (Å²) in [5.74, 6) is 0.0520. The SMILES string of the molecule is CCC(NC(=O)CC1(N)CCCC1)c1ccc(Cl)cc1. The van der Waals surface area contributed by atoms with Gasteiger partial charge in [0.05, 0.1) is 6.04 Å². The smallest absolute Gasteiger partial charge is 0.222 e. The monoisotopic (exact) mass is 294 g/mol. The molecule has 1 aromatic carbocycles. The summed E-state index contributed by atoms with van der Waals surface area (Å²) in [6.45, 7) is 2.06. The van der Waals surface area contributed by atoms with E-state index in [1.165, 1.54) is 0 Å². The van der Waals surface area contributed by atoms with Crippen LogP contribution in [0.15, 0.2) is 24.3 Å². The van der Waals surface area contributed by atoms with Gasteiger partial charge in [-0.2, -0.15) is 0 Å². The number of hydrogen-bond acceptors (Lipinski definition) is 2. The van der Waals surface area contributed by atoms with Gasteiger partial charge in [-0.1, -0.05) is 43.5 Å². The first-order valence-electron chi connectivity index (χ1n) is 7.36. The van der Waals surface area contributed by atoms with Crippen molar-refractivity contribution in [2.24, 2.45) is 5.73 Å². The fourth-order valence-electron chi connectivity index (χ4n) is 2.94. The van der Waals surface area contributed by atoms with Gasteiger partial charge in [-0.05, 0) is 37.0 Å². The van der Waals surface area contributed by atoms with Crippen molar-refractivity contribution >= 4 is 17.5 Å². The molecule has 0 heterocycles. The zero-order chi connectivity index (χ0) is 14.6. The highest BCUT2D eigenvalue weighted by Crippen LogP contribution is 2.30. The Kier molecular flexibility index (Phi) is 5.06. The van der Waals surface area contributed by atoms with E-state index in [0.29, 0.717) is 11.4 Å². The van der Waals surface area contributed by atoms with Crippen LogP contribution in [0.5, 0.6) is 0 Å². The molecule has 20 heavy (non-hydrogen) atoms. The highest BCUT2D eigenvalue weighted by Gasteiger charge is 2.32. The summed E-state index contributed by atoms with van der Waals surface area (Å²) < 4.78 is 0. The number of carbonyl (C=O) groups is 1. The number of amides is 1. The van der Waals surface area contributed by atoms with E-state index in [0.717, 1.165) is 37.7 Å². The molecule has 0 aliphatic heterocycles. The van der Waals surface area contributed by atoms with Crippen LogP contribution in [0.3, 0.4) is 0 Å². The van der Waals surface area contributed by atoms with Gasteiger partial charge in [0.2, 0.25) is 5.91 Å². The molecule has 3 nitrogen and oxygen atoms in total. The summed E-state index contributed by atoms with van der Waals surface area (Å²) in [6.07, 6.45) is 5.47. The summed E-state index contributed by atoms with van der Waals surface area (Å²) in [7, 11) is 0. The van der Waals surface area contributed by atoms with Crippen LogP contribution in [-0.2, 0) is 4.79 Å². The van der Waals surface area contributed by atoms with E-state index in [-0.39, 0.29) is 17.5 Å². The van der Waals surface area contributed by atoms with Crippen molar-refractivity contribution in [3.05, 3.63) is 34.9 Å². The molecule has 2 rings (SSSR count). The Morgan fingerprint density at radius 3 is 2.50 bits per heavy atom. The minimum absolute atomic E-state index is 0.0322. The van der Waals surface area contributed by atoms with Crippen LogP contribution in [0.25, 0.3) is 0 Å². The second-order valence-corrected chi connectivity index (χ2v) is 6.26. The summed E-state index contributed by atoms with van der Waals surface area (Å²) in [4.78, 5) is 12.2. The molecule has 0 aromatic heterocycles. The quantitative estimate of drug-likeness (QED) is 0.872. The number of halogens is 1. The molecule has 0 spiro atoms. The first-order chi connectivity index (χ1) is 9.52. The molecule has 4 heteroatoms. The normalized spacial score (nSPS) is 18.8. The van der Waals surface area contributed by atoms with Gasteiger partial charge in [0, 0.05) is 17.0 Å². The van der Waals surface area contributed by atoms with E-state index in [4.69, 9.17) is 17.3 Å². The highest BCUT2D eigenvalue weighted by atomic mass is 35.5. The predicted molar refractivity (Wildman–Crippen MR) is 82.6 cm³/mol. The predicted octanol–water partition coefficient (Wildman–Crippen LogP) is 3.57. The van der Waals surface area contributed by atoms with Crippen molar-refractivity contribution in [3.8, 4) is 0 Å². The third-order valence-corrected chi connectivity index (χ3v) is 4.38. The Morgan fingerprint density at radius 1 is 1.35 bits per heavy atom. The molecule has 1 aliphatic carbocycles. The lowest BCUT2D eigenvalue weighted by atomic mass is 9.94. The van der Waals surface area contributed by atoms with Gasteiger partial charge in [-0.3, -0.25) is 4.79 Å². The van der Waals surface area contributed by atoms with Gasteiger partial charge in [0.25, 0.3) is 0 Å². The second-order valence-electron chi connectivity index (χ2n) is 5.83. The van der Waals surface area contributed by atoms with Crippen molar-refractivity contribution in [3.63, 3.8) is 0 Å². The first kappa shape index (κ1) is 15.3. The molecule has 1 aliphatic rings. The Bertz CT molecular complexity index is 452. The average Bonchev–Trinajstić information content (AvgIpc) is 2.83. The lowest BCUT2D eigenvalue weighted by Gasteiger charge is -2.25. The minimum Gasteiger partial charge on any atom is -0.349 e. The summed E-state index contributed by atoms with van der Waals surface area (Å²) in [5, 5.41) is 3.80. The number of nitrogens with two attached hydrogens (primary N) is 1. The molecule has 0 bridgehead atoms. The first-order valence-corrected chi connectivity index (χ1v) is 7.74. The molecule has 1 unspecified atom stereocenters. The van der Waals surface area contributed by atoms with Gasteiger partial charge in [0.15, 0.2) is 0 Å². The number of nitrogens with one attached hydrogen (secondary N) is 1. The zero-order valence-electron chi connectivity index (χ0n) is 12.0. The summed E-state index contributed by atoms with van der Waals surface area (Å²) in [6, 6.07) is 7.67. The van der Waals surface area contributed by atoms with Gasteiger partial charge >= 0.3 is 0 Å². The van der Waals surface area contributed by atoms with E-state index in [1.807, 2.05) is 24.3 Å². The molecule has 1 atom stereocenters. The van der Waals surface area contributed by atoms with Crippen LogP contribution in [0.4, 0.5) is 0 Å². The highest BCUT2D eigenvalue weighted by molar-refractivity contribution is 6.30. The zero-order valence-corrected chi connectivity index (χ0v) is 12.7. The van der Waals surface area contributed by atoms with Crippen LogP contribution >= 0.6 is 11.6 Å². The molecule has 1 saturated carbocycles. The van der Waals surface area contributed by atoms with Gasteiger partial charge in [-0.15, -0.1) is 0 Å². The number of hydrogen-bond donors (Lipinski definition) is 2. The Morgan fingerprint density at radius 2 is 1.95 bits per heavy atom. The van der Waals surface area contributed by atoms with E-state index in [9.17, 15) is 4.79 Å². The van der Waals surface area contributed by atoms with E-state index in [1.54, 1.807) is 0 Å². The Balaban J connectivity index is 1.95. The van der Waals surface area contributed by atoms with Crippen LogP contribution in [0.2, 0.25) is 5.02 Å². The Labute approximate surface area is 125 Å². The van der Waals surface area contributed by atoms with Crippen molar-refractivity contribution in [1.82, 2.24) is 5.32 Å². The lowest BCUT2D eigenvalue weighted by molar-refractivity contribution is -0.123. The van der Waals surface area contributed by atoms with E-state index < -0.39 is 0 Å². The van der Waals surface area contributed by atoms with Gasteiger partial charge in [0.1, 0.15) is 0 Å². The maximum Gasteiger partial charge on any atom is 0.222 e. The third-order valence-electron chi connectivity index (χ3n) is 4.13. The van der Waals surface area contributed by atoms with Crippen LogP contribution in [0, 0.1) is 0 Å². The van der Waals surface area contributed by atoms with Crippen molar-refractivity contribution in [2.75, 3.05) is 0 Å². The third kappa shape index (κ3) is 3.97. The van der Waals surface area contributed by atoms with Gasteiger partial charge < -0.3 is 11.1 Å². The van der Waals surface area contributed by atoms with Gasteiger partial charge in [-0.25, -0.2) is 0 Å². The molecule has 1 aromatic rings. The molecule has 3 N–H and O–H groups in total. The number of carbonyl (C=O) groups excluding carboxylic acids is 1. The number of rotatable bonds is 5. The largest absolute Gasteiger partial charge is 0.349 e. The Hall–Kier alpha value is -1.06. The average molecular weight is 295 g/mol. The second kappa shape index (κ2) is 6.59. The molecule has 1 amide bonds. The molecule has 1 fully saturated rings. The topological polar surface area (TPSA) is 55.1 Å². The van der Waals surface area contributed by atoms with Crippen molar-refractivity contribution < 1.29 is 4.79 Å². The standard InChI is InChI=1S/C16H23ClN2O/c1-2-14(12-5-7-13(17)8-6-12)19-15(20)11-16(18)9-3-4-10-16/h5-8,14H,2-4,9-11,18H2,1H3,(H,19,20). The van der Waals surface area contributed by atoms with Crippen molar-refractivity contribution in [1.29, 1.82) is 0 Å². The fraction of sp³-hybridized carbons (Fsp3) is 0.562. The molecular weight excluding hydrogens is 272 g/mol.